The summed E-state index contributed by atoms with van der Waals surface area (Å²) in [6.07, 6.45) is 1.76. The summed E-state index contributed by atoms with van der Waals surface area (Å²) in [6.45, 7) is 7.18. The third-order valence-corrected chi connectivity index (χ3v) is 3.15. The molecule has 0 saturated carbocycles. The maximum Gasteiger partial charge on any atom is 0.125 e. The van der Waals surface area contributed by atoms with Crippen LogP contribution in [-0.2, 0) is 13.2 Å². The maximum atomic E-state index is 5.96. The van der Waals surface area contributed by atoms with E-state index in [0.717, 1.165) is 28.1 Å². The summed E-state index contributed by atoms with van der Waals surface area (Å²) in [4.78, 5) is 4.26. The van der Waals surface area contributed by atoms with Crippen LogP contribution in [0.25, 0.3) is 0 Å². The van der Waals surface area contributed by atoms with Gasteiger partial charge in [-0.25, -0.2) is 0 Å². The number of ether oxygens (including phenoxy) is 1. The van der Waals surface area contributed by atoms with Crippen molar-refractivity contribution in [3.63, 3.8) is 0 Å². The first-order valence-corrected chi connectivity index (χ1v) is 6.45. The SMILES string of the molecule is Cc1cc(C)c(OCc2cccnc2CN)c(C)c1. The molecule has 1 aromatic carbocycles. The third kappa shape index (κ3) is 3.12. The summed E-state index contributed by atoms with van der Waals surface area (Å²) in [5, 5.41) is 0. The Morgan fingerprint density at radius 1 is 1.16 bits per heavy atom. The predicted octanol–water partition coefficient (Wildman–Crippen LogP) is 3.04. The monoisotopic (exact) mass is 256 g/mol. The molecule has 100 valence electrons. The largest absolute Gasteiger partial charge is 0.488 e. The summed E-state index contributed by atoms with van der Waals surface area (Å²) < 4.78 is 5.96. The molecular formula is C16H20N2O. The lowest BCUT2D eigenvalue weighted by Gasteiger charge is -2.14. The zero-order valence-corrected chi connectivity index (χ0v) is 11.7. The fourth-order valence-electron chi connectivity index (χ4n) is 2.33. The van der Waals surface area contributed by atoms with Crippen LogP contribution in [0, 0.1) is 20.8 Å². The normalized spacial score (nSPS) is 10.5. The second kappa shape index (κ2) is 5.85. The first kappa shape index (κ1) is 13.6. The van der Waals surface area contributed by atoms with Crippen LogP contribution in [0.4, 0.5) is 0 Å². The molecule has 0 aliphatic carbocycles. The van der Waals surface area contributed by atoms with Gasteiger partial charge in [0.25, 0.3) is 0 Å². The second-order valence-electron chi connectivity index (χ2n) is 4.83. The number of aromatic nitrogens is 1. The van der Waals surface area contributed by atoms with Crippen LogP contribution in [0.5, 0.6) is 5.75 Å². The average molecular weight is 256 g/mol. The highest BCUT2D eigenvalue weighted by atomic mass is 16.5. The molecule has 2 rings (SSSR count). The highest BCUT2D eigenvalue weighted by Crippen LogP contribution is 2.25. The Hall–Kier alpha value is -1.87. The van der Waals surface area contributed by atoms with Gasteiger partial charge in [-0.05, 0) is 38.0 Å². The van der Waals surface area contributed by atoms with Crippen LogP contribution in [0.3, 0.4) is 0 Å². The van der Waals surface area contributed by atoms with Gasteiger partial charge in [0.1, 0.15) is 12.4 Å². The molecule has 0 spiro atoms. The molecule has 3 heteroatoms. The van der Waals surface area contributed by atoms with Gasteiger partial charge in [0.15, 0.2) is 0 Å². The molecule has 0 saturated heterocycles. The Morgan fingerprint density at radius 2 is 1.84 bits per heavy atom. The highest BCUT2D eigenvalue weighted by molar-refractivity contribution is 5.43. The van der Waals surface area contributed by atoms with E-state index in [0.29, 0.717) is 13.2 Å². The van der Waals surface area contributed by atoms with Crippen molar-refractivity contribution in [1.29, 1.82) is 0 Å². The minimum Gasteiger partial charge on any atom is -0.488 e. The predicted molar refractivity (Wildman–Crippen MR) is 77.1 cm³/mol. The lowest BCUT2D eigenvalue weighted by atomic mass is 10.1. The summed E-state index contributed by atoms with van der Waals surface area (Å²) >= 11 is 0. The maximum absolute atomic E-state index is 5.96. The number of hydrogen-bond donors (Lipinski definition) is 1. The van der Waals surface area contributed by atoms with Crippen molar-refractivity contribution in [2.24, 2.45) is 5.73 Å². The summed E-state index contributed by atoms with van der Waals surface area (Å²) in [5.74, 6) is 0.956. The van der Waals surface area contributed by atoms with Crippen molar-refractivity contribution in [3.05, 3.63) is 58.4 Å². The molecular weight excluding hydrogens is 236 g/mol. The molecule has 0 radical (unpaired) electrons. The van der Waals surface area contributed by atoms with Gasteiger partial charge in [0.05, 0.1) is 5.69 Å². The van der Waals surface area contributed by atoms with E-state index in [1.54, 1.807) is 6.20 Å². The topological polar surface area (TPSA) is 48.1 Å². The van der Waals surface area contributed by atoms with Crippen molar-refractivity contribution >= 4 is 0 Å². The summed E-state index contributed by atoms with van der Waals surface area (Å²) in [5.41, 5.74) is 11.2. The molecule has 0 fully saturated rings. The molecule has 1 heterocycles. The van der Waals surface area contributed by atoms with Crippen LogP contribution < -0.4 is 10.5 Å². The molecule has 2 aromatic rings. The highest BCUT2D eigenvalue weighted by Gasteiger charge is 2.07. The Kier molecular flexibility index (Phi) is 4.17. The van der Waals surface area contributed by atoms with Crippen molar-refractivity contribution in [3.8, 4) is 5.75 Å². The first-order valence-electron chi connectivity index (χ1n) is 6.45. The van der Waals surface area contributed by atoms with E-state index >= 15 is 0 Å². The number of nitrogens with zero attached hydrogens (tertiary/aromatic N) is 1. The van der Waals surface area contributed by atoms with E-state index in [1.807, 2.05) is 12.1 Å². The van der Waals surface area contributed by atoms with E-state index in [4.69, 9.17) is 10.5 Å². The van der Waals surface area contributed by atoms with Crippen LogP contribution in [0.15, 0.2) is 30.5 Å². The molecule has 3 nitrogen and oxygen atoms in total. The fraction of sp³-hybridized carbons (Fsp3) is 0.312. The van der Waals surface area contributed by atoms with Crippen molar-refractivity contribution in [2.75, 3.05) is 0 Å². The van der Waals surface area contributed by atoms with E-state index < -0.39 is 0 Å². The van der Waals surface area contributed by atoms with E-state index in [9.17, 15) is 0 Å². The number of hydrogen-bond acceptors (Lipinski definition) is 3. The molecule has 0 amide bonds. The van der Waals surface area contributed by atoms with Gasteiger partial charge in [-0.15, -0.1) is 0 Å². The standard InChI is InChI=1S/C16H20N2O/c1-11-7-12(2)16(13(3)8-11)19-10-14-5-4-6-18-15(14)9-17/h4-8H,9-10,17H2,1-3H3. The fourth-order valence-corrected chi connectivity index (χ4v) is 2.33. The van der Waals surface area contributed by atoms with Crippen molar-refractivity contribution < 1.29 is 4.74 Å². The zero-order valence-electron chi connectivity index (χ0n) is 11.7. The Labute approximate surface area is 114 Å². The third-order valence-electron chi connectivity index (χ3n) is 3.15. The minimum atomic E-state index is 0.436. The van der Waals surface area contributed by atoms with Crippen molar-refractivity contribution in [2.45, 2.75) is 33.9 Å². The first-order chi connectivity index (χ1) is 9.11. The minimum absolute atomic E-state index is 0.436. The lowest BCUT2D eigenvalue weighted by Crippen LogP contribution is -2.07. The molecule has 0 unspecified atom stereocenters. The van der Waals surface area contributed by atoms with Crippen LogP contribution >= 0.6 is 0 Å². The van der Waals surface area contributed by atoms with E-state index in [1.165, 1.54) is 5.56 Å². The van der Waals surface area contributed by atoms with Gasteiger partial charge >= 0.3 is 0 Å². The average Bonchev–Trinajstić information content (AvgIpc) is 2.38. The quantitative estimate of drug-likeness (QED) is 0.914. The van der Waals surface area contributed by atoms with Gasteiger partial charge in [-0.3, -0.25) is 4.98 Å². The number of nitrogens with two attached hydrogens (primary N) is 1. The molecule has 0 bridgehead atoms. The number of aryl methyl sites for hydroxylation is 3. The molecule has 0 aliphatic heterocycles. The molecule has 19 heavy (non-hydrogen) atoms. The van der Waals surface area contributed by atoms with Crippen LogP contribution in [0.1, 0.15) is 27.9 Å². The van der Waals surface area contributed by atoms with Gasteiger partial charge in [0.2, 0.25) is 0 Å². The Morgan fingerprint density at radius 3 is 2.47 bits per heavy atom. The van der Waals surface area contributed by atoms with Crippen LogP contribution in [-0.4, -0.2) is 4.98 Å². The van der Waals surface area contributed by atoms with Gasteiger partial charge in [0, 0.05) is 18.3 Å². The smallest absolute Gasteiger partial charge is 0.125 e. The van der Waals surface area contributed by atoms with Crippen molar-refractivity contribution in [1.82, 2.24) is 4.98 Å². The van der Waals surface area contributed by atoms with E-state index in [2.05, 4.69) is 37.9 Å². The molecule has 0 atom stereocenters. The van der Waals surface area contributed by atoms with Gasteiger partial charge in [-0.1, -0.05) is 23.8 Å². The van der Waals surface area contributed by atoms with Gasteiger partial charge < -0.3 is 10.5 Å². The Bertz CT molecular complexity index is 556. The Balaban J connectivity index is 2.19. The van der Waals surface area contributed by atoms with Gasteiger partial charge in [-0.2, -0.15) is 0 Å². The number of rotatable bonds is 4. The number of pyridine rings is 1. The summed E-state index contributed by atoms with van der Waals surface area (Å²) in [6, 6.07) is 8.19. The lowest BCUT2D eigenvalue weighted by molar-refractivity contribution is 0.300. The molecule has 0 aliphatic rings. The molecule has 2 N–H and O–H groups in total. The molecule has 1 aromatic heterocycles. The van der Waals surface area contributed by atoms with Crippen LogP contribution in [0.2, 0.25) is 0 Å². The van der Waals surface area contributed by atoms with E-state index in [-0.39, 0.29) is 0 Å². The summed E-state index contributed by atoms with van der Waals surface area (Å²) in [7, 11) is 0. The zero-order chi connectivity index (χ0) is 13.8. The second-order valence-corrected chi connectivity index (χ2v) is 4.83. The number of benzene rings is 1.